The lowest BCUT2D eigenvalue weighted by molar-refractivity contribution is 0.0730. The van der Waals surface area contributed by atoms with Crippen molar-refractivity contribution in [1.82, 2.24) is 9.21 Å². The van der Waals surface area contributed by atoms with Crippen LogP contribution in [0.2, 0.25) is 0 Å². The third-order valence-corrected chi connectivity index (χ3v) is 7.32. The monoisotopic (exact) mass is 418 g/mol. The van der Waals surface area contributed by atoms with E-state index in [4.69, 9.17) is 9.47 Å². The normalized spacial score (nSPS) is 16.7. The Kier molecular flexibility index (Phi) is 7.29. The van der Waals surface area contributed by atoms with Gasteiger partial charge >= 0.3 is 0 Å². The Morgan fingerprint density at radius 3 is 2.55 bits per heavy atom. The van der Waals surface area contributed by atoms with Gasteiger partial charge in [0.1, 0.15) is 5.75 Å². The highest BCUT2D eigenvalue weighted by atomic mass is 32.2. The minimum absolute atomic E-state index is 0.176. The average Bonchev–Trinajstić information content (AvgIpc) is 2.77. The van der Waals surface area contributed by atoms with Crippen molar-refractivity contribution in [3.8, 4) is 5.75 Å². The number of hydrogen-bond acceptors (Lipinski definition) is 5. The average molecular weight is 419 g/mol. The van der Waals surface area contributed by atoms with E-state index in [1.54, 1.807) is 19.2 Å². The lowest BCUT2D eigenvalue weighted by Gasteiger charge is -2.29. The molecule has 0 saturated carbocycles. The Morgan fingerprint density at radius 1 is 1.14 bits per heavy atom. The Bertz CT molecular complexity index is 911. The van der Waals surface area contributed by atoms with Gasteiger partial charge in [-0.1, -0.05) is 31.2 Å². The molecule has 6 nitrogen and oxygen atoms in total. The summed E-state index contributed by atoms with van der Waals surface area (Å²) in [5.41, 5.74) is 2.15. The molecule has 0 aromatic heterocycles. The van der Waals surface area contributed by atoms with Crippen LogP contribution < -0.4 is 4.74 Å². The van der Waals surface area contributed by atoms with Crippen molar-refractivity contribution in [2.75, 3.05) is 40.0 Å². The SMILES string of the molecule is CCN(Cc1cccc(S(=O)(=O)N2CCOCC2)c1)[C@@H](C)c1cccc(OC)c1. The quantitative estimate of drug-likeness (QED) is 0.658. The second kappa shape index (κ2) is 9.71. The van der Waals surface area contributed by atoms with E-state index >= 15 is 0 Å². The zero-order chi connectivity index (χ0) is 20.9. The van der Waals surface area contributed by atoms with Crippen LogP contribution in [0.1, 0.15) is 31.0 Å². The largest absolute Gasteiger partial charge is 0.497 e. The molecule has 3 rings (SSSR count). The Morgan fingerprint density at radius 2 is 1.86 bits per heavy atom. The van der Waals surface area contributed by atoms with Crippen molar-refractivity contribution >= 4 is 10.0 Å². The van der Waals surface area contributed by atoms with Crippen LogP contribution in [0, 0.1) is 0 Å². The fourth-order valence-electron chi connectivity index (χ4n) is 3.61. The van der Waals surface area contributed by atoms with Crippen molar-refractivity contribution in [2.24, 2.45) is 0 Å². The van der Waals surface area contributed by atoms with Crippen LogP contribution in [0.5, 0.6) is 5.75 Å². The number of methoxy groups -OCH3 is 1. The Balaban J connectivity index is 1.78. The molecular formula is C22H30N2O4S. The van der Waals surface area contributed by atoms with Crippen LogP contribution in [0.4, 0.5) is 0 Å². The van der Waals surface area contributed by atoms with Gasteiger partial charge in [0.25, 0.3) is 0 Å². The summed E-state index contributed by atoms with van der Waals surface area (Å²) in [6.07, 6.45) is 0. The summed E-state index contributed by atoms with van der Waals surface area (Å²) in [6.45, 7) is 7.49. The van der Waals surface area contributed by atoms with Gasteiger partial charge < -0.3 is 9.47 Å². The molecule has 0 bridgehead atoms. The lowest BCUT2D eigenvalue weighted by Crippen LogP contribution is -2.40. The fraction of sp³-hybridized carbons (Fsp3) is 0.455. The molecule has 0 spiro atoms. The van der Waals surface area contributed by atoms with Crippen LogP contribution in [-0.2, 0) is 21.3 Å². The highest BCUT2D eigenvalue weighted by Gasteiger charge is 2.26. The molecule has 0 N–H and O–H groups in total. The number of rotatable bonds is 8. The molecule has 29 heavy (non-hydrogen) atoms. The number of morpholine rings is 1. The summed E-state index contributed by atoms with van der Waals surface area (Å²) >= 11 is 0. The van der Waals surface area contributed by atoms with Crippen LogP contribution in [0.25, 0.3) is 0 Å². The molecular weight excluding hydrogens is 388 g/mol. The van der Waals surface area contributed by atoms with Crippen molar-refractivity contribution in [3.63, 3.8) is 0 Å². The summed E-state index contributed by atoms with van der Waals surface area (Å²) in [7, 11) is -1.82. The Labute approximate surface area is 174 Å². The first-order valence-corrected chi connectivity index (χ1v) is 11.4. The molecule has 0 radical (unpaired) electrons. The maximum absolute atomic E-state index is 13.0. The van der Waals surface area contributed by atoms with Gasteiger partial charge in [0.2, 0.25) is 10.0 Å². The van der Waals surface area contributed by atoms with Gasteiger partial charge in [-0.15, -0.1) is 0 Å². The number of ether oxygens (including phenoxy) is 2. The second-order valence-corrected chi connectivity index (χ2v) is 9.12. The first-order chi connectivity index (χ1) is 14.0. The van der Waals surface area contributed by atoms with Gasteiger partial charge in [-0.05, 0) is 48.9 Å². The van der Waals surface area contributed by atoms with Gasteiger partial charge in [0, 0.05) is 25.7 Å². The van der Waals surface area contributed by atoms with Crippen LogP contribution in [0.15, 0.2) is 53.4 Å². The summed E-state index contributed by atoms with van der Waals surface area (Å²) in [5.74, 6) is 0.837. The maximum Gasteiger partial charge on any atom is 0.243 e. The van der Waals surface area contributed by atoms with E-state index in [-0.39, 0.29) is 6.04 Å². The molecule has 1 saturated heterocycles. The molecule has 0 aliphatic carbocycles. The predicted molar refractivity (Wildman–Crippen MR) is 114 cm³/mol. The molecule has 2 aromatic rings. The predicted octanol–water partition coefficient (Wildman–Crippen LogP) is 3.30. The van der Waals surface area contributed by atoms with Gasteiger partial charge in [-0.3, -0.25) is 4.90 Å². The van der Waals surface area contributed by atoms with Crippen LogP contribution in [0.3, 0.4) is 0 Å². The second-order valence-electron chi connectivity index (χ2n) is 7.18. The molecule has 158 valence electrons. The smallest absolute Gasteiger partial charge is 0.243 e. The minimum Gasteiger partial charge on any atom is -0.497 e. The van der Waals surface area contributed by atoms with Crippen molar-refractivity contribution in [3.05, 3.63) is 59.7 Å². The number of sulfonamides is 1. The molecule has 1 fully saturated rings. The van der Waals surface area contributed by atoms with Crippen LogP contribution >= 0.6 is 0 Å². The van der Waals surface area contributed by atoms with E-state index in [0.717, 1.165) is 17.9 Å². The van der Waals surface area contributed by atoms with E-state index in [2.05, 4.69) is 24.8 Å². The summed E-state index contributed by atoms with van der Waals surface area (Å²) in [4.78, 5) is 2.66. The fourth-order valence-corrected chi connectivity index (χ4v) is 5.09. The van der Waals surface area contributed by atoms with Crippen molar-refractivity contribution < 1.29 is 17.9 Å². The highest BCUT2D eigenvalue weighted by molar-refractivity contribution is 7.89. The van der Waals surface area contributed by atoms with E-state index in [9.17, 15) is 8.42 Å². The summed E-state index contributed by atoms with van der Waals surface area (Å²) in [6, 6.07) is 15.5. The van der Waals surface area contributed by atoms with E-state index in [1.807, 2.05) is 30.3 Å². The van der Waals surface area contributed by atoms with Gasteiger partial charge in [-0.2, -0.15) is 4.31 Å². The zero-order valence-corrected chi connectivity index (χ0v) is 18.2. The third kappa shape index (κ3) is 5.17. The molecule has 0 unspecified atom stereocenters. The zero-order valence-electron chi connectivity index (χ0n) is 17.4. The minimum atomic E-state index is -3.49. The van der Waals surface area contributed by atoms with Crippen molar-refractivity contribution in [2.45, 2.75) is 31.3 Å². The van der Waals surface area contributed by atoms with Crippen LogP contribution in [-0.4, -0.2) is 57.6 Å². The summed E-state index contributed by atoms with van der Waals surface area (Å²) in [5, 5.41) is 0. The van der Waals surface area contributed by atoms with E-state index in [0.29, 0.717) is 37.7 Å². The molecule has 2 aromatic carbocycles. The molecule has 1 heterocycles. The third-order valence-electron chi connectivity index (χ3n) is 5.42. The number of benzene rings is 2. The number of hydrogen-bond donors (Lipinski definition) is 0. The highest BCUT2D eigenvalue weighted by Crippen LogP contribution is 2.26. The van der Waals surface area contributed by atoms with E-state index < -0.39 is 10.0 Å². The number of nitrogens with zero attached hydrogens (tertiary/aromatic N) is 2. The summed E-state index contributed by atoms with van der Waals surface area (Å²) < 4.78 is 38.1. The molecule has 7 heteroatoms. The topological polar surface area (TPSA) is 59.1 Å². The first-order valence-electron chi connectivity index (χ1n) is 10.0. The van der Waals surface area contributed by atoms with Gasteiger partial charge in [0.05, 0.1) is 25.2 Å². The molecule has 1 atom stereocenters. The van der Waals surface area contributed by atoms with Crippen molar-refractivity contribution in [1.29, 1.82) is 0 Å². The molecule has 0 amide bonds. The molecule has 1 aliphatic heterocycles. The Hall–Kier alpha value is -1.93. The van der Waals surface area contributed by atoms with Gasteiger partial charge in [0.15, 0.2) is 0 Å². The maximum atomic E-state index is 13.0. The standard InChI is InChI=1S/C22H30N2O4S/c1-4-23(18(2)20-8-6-9-21(16-20)27-3)17-19-7-5-10-22(15-19)29(25,26)24-11-13-28-14-12-24/h5-10,15-16,18H,4,11-14,17H2,1-3H3/t18-/m0/s1. The first kappa shape index (κ1) is 21.8. The molecule has 1 aliphatic rings. The van der Waals surface area contributed by atoms with E-state index in [1.165, 1.54) is 9.87 Å². The lowest BCUT2D eigenvalue weighted by atomic mass is 10.1. The van der Waals surface area contributed by atoms with Gasteiger partial charge in [-0.25, -0.2) is 8.42 Å².